The van der Waals surface area contributed by atoms with E-state index in [4.69, 9.17) is 0 Å². The van der Waals surface area contributed by atoms with E-state index in [1.165, 1.54) is 16.7 Å². The predicted molar refractivity (Wildman–Crippen MR) is 114 cm³/mol. The highest BCUT2D eigenvalue weighted by atomic mass is 16.2. The third kappa shape index (κ3) is 5.84. The van der Waals surface area contributed by atoms with Gasteiger partial charge in [0.2, 0.25) is 5.91 Å². The Labute approximate surface area is 167 Å². The van der Waals surface area contributed by atoms with Crippen molar-refractivity contribution in [3.63, 3.8) is 0 Å². The van der Waals surface area contributed by atoms with E-state index in [9.17, 15) is 4.79 Å². The molecule has 148 valence electrons. The van der Waals surface area contributed by atoms with E-state index < -0.39 is 0 Å². The molecule has 0 aliphatic carbocycles. The summed E-state index contributed by atoms with van der Waals surface area (Å²) in [7, 11) is 1.78. The van der Waals surface area contributed by atoms with E-state index in [2.05, 4.69) is 58.9 Å². The van der Waals surface area contributed by atoms with E-state index in [1.54, 1.807) is 7.05 Å². The molecule has 2 aromatic rings. The molecule has 2 N–H and O–H groups in total. The molecular weight excluding hydrogens is 348 g/mol. The van der Waals surface area contributed by atoms with Gasteiger partial charge in [0.1, 0.15) is 0 Å². The number of hydrogen-bond donors (Lipinski definition) is 2. The minimum Gasteiger partial charge on any atom is -0.356 e. The van der Waals surface area contributed by atoms with Crippen molar-refractivity contribution in [1.29, 1.82) is 0 Å². The highest BCUT2D eigenvalue weighted by molar-refractivity contribution is 5.80. The van der Waals surface area contributed by atoms with E-state index in [-0.39, 0.29) is 5.91 Å². The molecule has 1 unspecified atom stereocenters. The number of nitrogens with one attached hydrogen (secondary N) is 2. The first-order valence-corrected chi connectivity index (χ1v) is 9.96. The van der Waals surface area contributed by atoms with Crippen LogP contribution in [0.4, 0.5) is 0 Å². The van der Waals surface area contributed by atoms with Crippen LogP contribution in [0.3, 0.4) is 0 Å². The van der Waals surface area contributed by atoms with Gasteiger partial charge in [0.25, 0.3) is 0 Å². The first-order chi connectivity index (χ1) is 13.6. The normalized spacial score (nSPS) is 17.1. The van der Waals surface area contributed by atoms with Gasteiger partial charge in [-0.2, -0.15) is 0 Å². The number of guanidine groups is 1. The second-order valence-electron chi connectivity index (χ2n) is 7.44. The third-order valence-electron chi connectivity index (χ3n) is 5.13. The quantitative estimate of drug-likeness (QED) is 0.575. The molecule has 0 saturated carbocycles. The number of carbonyl (C=O) groups is 1. The Bertz CT molecular complexity index is 803. The summed E-state index contributed by atoms with van der Waals surface area (Å²) in [4.78, 5) is 18.6. The van der Waals surface area contributed by atoms with E-state index in [0.717, 1.165) is 38.6 Å². The van der Waals surface area contributed by atoms with Crippen molar-refractivity contribution in [2.45, 2.75) is 26.3 Å². The van der Waals surface area contributed by atoms with Gasteiger partial charge in [0.15, 0.2) is 5.96 Å². The molecule has 1 atom stereocenters. The van der Waals surface area contributed by atoms with Crippen molar-refractivity contribution >= 4 is 11.9 Å². The average molecular weight is 379 g/mol. The number of rotatable bonds is 7. The lowest BCUT2D eigenvalue weighted by atomic mass is 10.1. The number of benzene rings is 2. The molecule has 1 aliphatic rings. The minimum absolute atomic E-state index is 0.255. The Balaban J connectivity index is 1.41. The van der Waals surface area contributed by atoms with Crippen LogP contribution in [0.2, 0.25) is 0 Å². The topological polar surface area (TPSA) is 56.7 Å². The Kier molecular flexibility index (Phi) is 7.06. The van der Waals surface area contributed by atoms with Crippen molar-refractivity contribution < 1.29 is 4.79 Å². The van der Waals surface area contributed by atoms with Crippen LogP contribution in [-0.4, -0.2) is 43.4 Å². The lowest BCUT2D eigenvalue weighted by molar-refractivity contribution is -0.127. The number of amides is 1. The van der Waals surface area contributed by atoms with Crippen molar-refractivity contribution in [3.8, 4) is 0 Å². The van der Waals surface area contributed by atoms with Gasteiger partial charge >= 0.3 is 0 Å². The number of carbonyl (C=O) groups excluding carboxylic acids is 1. The van der Waals surface area contributed by atoms with Crippen LogP contribution in [0, 0.1) is 12.8 Å². The summed E-state index contributed by atoms with van der Waals surface area (Å²) >= 11 is 0. The van der Waals surface area contributed by atoms with Crippen LogP contribution < -0.4 is 10.6 Å². The minimum atomic E-state index is 0.255. The van der Waals surface area contributed by atoms with Gasteiger partial charge in [0.05, 0.1) is 0 Å². The first kappa shape index (κ1) is 19.9. The van der Waals surface area contributed by atoms with E-state index >= 15 is 0 Å². The Morgan fingerprint density at radius 3 is 2.64 bits per heavy atom. The van der Waals surface area contributed by atoms with Crippen LogP contribution in [-0.2, 0) is 17.8 Å². The molecule has 5 nitrogen and oxygen atoms in total. The summed E-state index contributed by atoms with van der Waals surface area (Å²) in [5.41, 5.74) is 3.76. The van der Waals surface area contributed by atoms with Crippen LogP contribution >= 0.6 is 0 Å². The lowest BCUT2D eigenvalue weighted by Crippen LogP contribution is -2.40. The molecule has 0 aromatic heterocycles. The molecule has 5 heteroatoms. The van der Waals surface area contributed by atoms with Gasteiger partial charge in [-0.3, -0.25) is 9.79 Å². The molecule has 0 radical (unpaired) electrons. The zero-order valence-corrected chi connectivity index (χ0v) is 16.8. The molecule has 1 aliphatic heterocycles. The molecule has 0 bridgehead atoms. The maximum atomic E-state index is 12.3. The largest absolute Gasteiger partial charge is 0.356 e. The maximum absolute atomic E-state index is 12.3. The Hall–Kier alpha value is -2.82. The van der Waals surface area contributed by atoms with Gasteiger partial charge in [0, 0.05) is 45.6 Å². The van der Waals surface area contributed by atoms with Gasteiger partial charge < -0.3 is 15.5 Å². The SMILES string of the molecule is CN=C(NCc1cccc(C)c1)NCC1CC(=O)N(CCc2ccccc2)C1. The highest BCUT2D eigenvalue weighted by Crippen LogP contribution is 2.17. The fraction of sp³-hybridized carbons (Fsp3) is 0.391. The molecule has 1 amide bonds. The second kappa shape index (κ2) is 9.93. The van der Waals surface area contributed by atoms with Crippen molar-refractivity contribution in [3.05, 3.63) is 71.3 Å². The summed E-state index contributed by atoms with van der Waals surface area (Å²) in [6.45, 7) is 5.18. The second-order valence-corrected chi connectivity index (χ2v) is 7.44. The number of likely N-dealkylation sites (tertiary alicyclic amines) is 1. The molecule has 3 rings (SSSR count). The van der Waals surface area contributed by atoms with Gasteiger partial charge in [-0.1, -0.05) is 60.2 Å². The zero-order chi connectivity index (χ0) is 19.8. The first-order valence-electron chi connectivity index (χ1n) is 9.96. The van der Waals surface area contributed by atoms with Crippen molar-refractivity contribution in [2.75, 3.05) is 26.7 Å². The fourth-order valence-electron chi connectivity index (χ4n) is 3.59. The molecule has 0 spiro atoms. The monoisotopic (exact) mass is 378 g/mol. The molecule has 1 saturated heterocycles. The van der Waals surface area contributed by atoms with Crippen molar-refractivity contribution in [1.82, 2.24) is 15.5 Å². The maximum Gasteiger partial charge on any atom is 0.223 e. The van der Waals surface area contributed by atoms with Crippen LogP contribution in [0.15, 0.2) is 59.6 Å². The molecule has 1 heterocycles. The molecule has 28 heavy (non-hydrogen) atoms. The van der Waals surface area contributed by atoms with Gasteiger partial charge in [-0.15, -0.1) is 0 Å². The number of aryl methyl sites for hydroxylation is 1. The summed E-state index contributed by atoms with van der Waals surface area (Å²) in [6, 6.07) is 18.8. The van der Waals surface area contributed by atoms with Crippen LogP contribution in [0.25, 0.3) is 0 Å². The summed E-state index contributed by atoms with van der Waals surface area (Å²) < 4.78 is 0. The van der Waals surface area contributed by atoms with E-state index in [0.29, 0.717) is 12.3 Å². The predicted octanol–water partition coefficient (Wildman–Crippen LogP) is 2.75. The summed E-state index contributed by atoms with van der Waals surface area (Å²) in [5.74, 6) is 1.35. The lowest BCUT2D eigenvalue weighted by Gasteiger charge is -2.18. The Morgan fingerprint density at radius 1 is 1.11 bits per heavy atom. The summed E-state index contributed by atoms with van der Waals surface area (Å²) in [5, 5.41) is 6.72. The van der Waals surface area contributed by atoms with Crippen LogP contribution in [0.1, 0.15) is 23.1 Å². The molecule has 1 fully saturated rings. The molecular formula is C23H30N4O. The van der Waals surface area contributed by atoms with Crippen molar-refractivity contribution in [2.24, 2.45) is 10.9 Å². The fourth-order valence-corrected chi connectivity index (χ4v) is 3.59. The molecule has 2 aromatic carbocycles. The standard InChI is InChI=1S/C23H30N4O/c1-18-7-6-10-20(13-18)15-25-23(24-2)26-16-21-14-22(28)27(17-21)12-11-19-8-4-3-5-9-19/h3-10,13,21H,11-12,14-17H2,1-2H3,(H2,24,25,26). The summed E-state index contributed by atoms with van der Waals surface area (Å²) in [6.07, 6.45) is 1.52. The highest BCUT2D eigenvalue weighted by Gasteiger charge is 2.29. The van der Waals surface area contributed by atoms with Crippen LogP contribution in [0.5, 0.6) is 0 Å². The number of aliphatic imine (C=N–C) groups is 1. The average Bonchev–Trinajstić information content (AvgIpc) is 3.07. The Morgan fingerprint density at radius 2 is 1.89 bits per heavy atom. The van der Waals surface area contributed by atoms with E-state index in [1.807, 2.05) is 23.1 Å². The third-order valence-corrected chi connectivity index (χ3v) is 5.13. The number of nitrogens with zero attached hydrogens (tertiary/aromatic N) is 2. The zero-order valence-electron chi connectivity index (χ0n) is 16.8. The van der Waals surface area contributed by atoms with Gasteiger partial charge in [-0.25, -0.2) is 0 Å². The van der Waals surface area contributed by atoms with Gasteiger partial charge in [-0.05, 0) is 24.5 Å². The number of hydrogen-bond acceptors (Lipinski definition) is 2. The smallest absolute Gasteiger partial charge is 0.223 e.